The number of rotatable bonds is 3. The van der Waals surface area contributed by atoms with E-state index in [0.29, 0.717) is 5.92 Å². The van der Waals surface area contributed by atoms with E-state index in [0.717, 1.165) is 26.1 Å². The van der Waals surface area contributed by atoms with Gasteiger partial charge in [0.25, 0.3) is 0 Å². The minimum absolute atomic E-state index is 0. The molecule has 0 bridgehead atoms. The zero-order valence-electron chi connectivity index (χ0n) is 10.1. The molecule has 0 amide bonds. The Hall–Kier alpha value is -0.220. The van der Waals surface area contributed by atoms with Gasteiger partial charge in [0.1, 0.15) is 0 Å². The maximum absolute atomic E-state index is 6.30. The third-order valence-corrected chi connectivity index (χ3v) is 4.02. The van der Waals surface area contributed by atoms with Crippen LogP contribution in [0, 0.1) is 5.92 Å². The van der Waals surface area contributed by atoms with Gasteiger partial charge >= 0.3 is 0 Å². The third kappa shape index (κ3) is 3.88. The fourth-order valence-electron chi connectivity index (χ4n) is 2.17. The van der Waals surface area contributed by atoms with Crippen molar-refractivity contribution in [2.45, 2.75) is 23.8 Å². The predicted octanol–water partition coefficient (Wildman–Crippen LogP) is 3.26. The molecule has 1 saturated heterocycles. The zero-order valence-corrected chi connectivity index (χ0v) is 11.7. The van der Waals surface area contributed by atoms with Crippen LogP contribution in [0.4, 0.5) is 0 Å². The Bertz CT molecular complexity index is 325. The van der Waals surface area contributed by atoms with Crippen LogP contribution in [-0.2, 0) is 4.74 Å². The Morgan fingerprint density at radius 3 is 2.35 bits per heavy atom. The maximum atomic E-state index is 6.30. The van der Waals surface area contributed by atoms with Crippen molar-refractivity contribution in [1.82, 2.24) is 0 Å². The fourth-order valence-corrected chi connectivity index (χ4v) is 2.58. The summed E-state index contributed by atoms with van der Waals surface area (Å²) in [7, 11) is 0. The van der Waals surface area contributed by atoms with E-state index in [-0.39, 0.29) is 18.4 Å². The van der Waals surface area contributed by atoms with Crippen LogP contribution < -0.4 is 5.73 Å². The molecule has 1 aliphatic heterocycles. The molecule has 17 heavy (non-hydrogen) atoms. The van der Waals surface area contributed by atoms with E-state index < -0.39 is 0 Å². The number of hydrogen-bond donors (Lipinski definition) is 1. The first-order valence-electron chi connectivity index (χ1n) is 5.78. The summed E-state index contributed by atoms with van der Waals surface area (Å²) in [4.78, 5) is 1.29. The molecule has 0 saturated carbocycles. The van der Waals surface area contributed by atoms with Crippen molar-refractivity contribution in [3.05, 3.63) is 29.8 Å². The summed E-state index contributed by atoms with van der Waals surface area (Å²) in [5.74, 6) is 0.578. The quantitative estimate of drug-likeness (QED) is 0.859. The average molecular weight is 274 g/mol. The lowest BCUT2D eigenvalue weighted by Gasteiger charge is -2.27. The number of ether oxygens (including phenoxy) is 1. The molecule has 0 radical (unpaired) electrons. The summed E-state index contributed by atoms with van der Waals surface area (Å²) in [6.07, 6.45) is 4.27. The van der Waals surface area contributed by atoms with E-state index in [1.54, 1.807) is 11.8 Å². The van der Waals surface area contributed by atoms with Gasteiger partial charge in [0.05, 0.1) is 0 Å². The molecular weight excluding hydrogens is 254 g/mol. The van der Waals surface area contributed by atoms with Crippen molar-refractivity contribution in [1.29, 1.82) is 0 Å². The first-order valence-corrected chi connectivity index (χ1v) is 7.01. The summed E-state index contributed by atoms with van der Waals surface area (Å²) < 4.78 is 5.36. The monoisotopic (exact) mass is 273 g/mol. The lowest BCUT2D eigenvalue weighted by Crippen LogP contribution is -2.27. The van der Waals surface area contributed by atoms with Gasteiger partial charge in [-0.2, -0.15) is 0 Å². The van der Waals surface area contributed by atoms with Gasteiger partial charge < -0.3 is 10.5 Å². The topological polar surface area (TPSA) is 35.2 Å². The van der Waals surface area contributed by atoms with Gasteiger partial charge in [-0.1, -0.05) is 12.1 Å². The van der Waals surface area contributed by atoms with Crippen molar-refractivity contribution in [3.8, 4) is 0 Å². The highest BCUT2D eigenvalue weighted by atomic mass is 35.5. The van der Waals surface area contributed by atoms with Crippen molar-refractivity contribution in [3.63, 3.8) is 0 Å². The second kappa shape index (κ2) is 7.27. The molecular formula is C13H20ClNOS. The van der Waals surface area contributed by atoms with E-state index in [1.807, 2.05) is 0 Å². The number of hydrogen-bond acceptors (Lipinski definition) is 3. The van der Waals surface area contributed by atoms with Gasteiger partial charge in [0, 0.05) is 24.2 Å². The first kappa shape index (κ1) is 14.8. The lowest BCUT2D eigenvalue weighted by atomic mass is 9.88. The second-order valence-electron chi connectivity index (χ2n) is 4.25. The zero-order chi connectivity index (χ0) is 11.4. The van der Waals surface area contributed by atoms with Crippen LogP contribution in [0.25, 0.3) is 0 Å². The molecule has 4 heteroatoms. The van der Waals surface area contributed by atoms with Gasteiger partial charge in [-0.3, -0.25) is 0 Å². The first-order chi connectivity index (χ1) is 7.81. The number of halogens is 1. The standard InChI is InChI=1S/C13H19NOS.ClH/c1-16-12-4-2-10(3-5-12)13(14)11-6-8-15-9-7-11;/h2-5,11,13H,6-9,14H2,1H3;1H/t13-;/m0./s1. The molecule has 96 valence electrons. The average Bonchev–Trinajstić information content (AvgIpc) is 2.39. The molecule has 1 aromatic carbocycles. The Morgan fingerprint density at radius 1 is 1.24 bits per heavy atom. The third-order valence-electron chi connectivity index (χ3n) is 3.27. The smallest absolute Gasteiger partial charge is 0.0469 e. The molecule has 0 unspecified atom stereocenters. The fraction of sp³-hybridized carbons (Fsp3) is 0.538. The van der Waals surface area contributed by atoms with Crippen LogP contribution in [0.5, 0.6) is 0 Å². The van der Waals surface area contributed by atoms with Crippen LogP contribution in [0.3, 0.4) is 0 Å². The van der Waals surface area contributed by atoms with E-state index >= 15 is 0 Å². The highest BCUT2D eigenvalue weighted by Gasteiger charge is 2.21. The minimum atomic E-state index is 0. The maximum Gasteiger partial charge on any atom is 0.0469 e. The SMILES string of the molecule is CSc1ccc([C@H](N)C2CCOCC2)cc1.Cl. The van der Waals surface area contributed by atoms with Gasteiger partial charge in [0.15, 0.2) is 0 Å². The minimum Gasteiger partial charge on any atom is -0.381 e. The Kier molecular flexibility index (Phi) is 6.34. The second-order valence-corrected chi connectivity index (χ2v) is 5.13. The van der Waals surface area contributed by atoms with E-state index in [4.69, 9.17) is 10.5 Å². The number of benzene rings is 1. The molecule has 1 fully saturated rings. The van der Waals surface area contributed by atoms with E-state index in [1.165, 1.54) is 10.5 Å². The molecule has 1 aliphatic rings. The highest BCUT2D eigenvalue weighted by Crippen LogP contribution is 2.28. The van der Waals surface area contributed by atoms with Crippen LogP contribution >= 0.6 is 24.2 Å². The van der Waals surface area contributed by atoms with Gasteiger partial charge in [-0.25, -0.2) is 0 Å². The van der Waals surface area contributed by atoms with Gasteiger partial charge in [-0.05, 0) is 42.7 Å². The normalized spacial score (nSPS) is 18.5. The van der Waals surface area contributed by atoms with Gasteiger partial charge in [-0.15, -0.1) is 24.2 Å². The van der Waals surface area contributed by atoms with Crippen LogP contribution in [0.2, 0.25) is 0 Å². The van der Waals surface area contributed by atoms with Crippen LogP contribution in [0.15, 0.2) is 29.2 Å². The number of nitrogens with two attached hydrogens (primary N) is 1. The molecule has 2 N–H and O–H groups in total. The highest BCUT2D eigenvalue weighted by molar-refractivity contribution is 7.98. The predicted molar refractivity (Wildman–Crippen MR) is 75.9 cm³/mol. The summed E-state index contributed by atoms with van der Waals surface area (Å²) in [6, 6.07) is 8.79. The molecule has 2 nitrogen and oxygen atoms in total. The van der Waals surface area contributed by atoms with Crippen molar-refractivity contribution < 1.29 is 4.74 Å². The van der Waals surface area contributed by atoms with Crippen LogP contribution in [-0.4, -0.2) is 19.5 Å². The molecule has 1 atom stereocenters. The molecule has 2 rings (SSSR count). The molecule has 0 spiro atoms. The molecule has 0 aromatic heterocycles. The summed E-state index contributed by atoms with van der Waals surface area (Å²) in [5, 5.41) is 0. The summed E-state index contributed by atoms with van der Waals surface area (Å²) in [6.45, 7) is 1.72. The summed E-state index contributed by atoms with van der Waals surface area (Å²) in [5.41, 5.74) is 7.55. The largest absolute Gasteiger partial charge is 0.381 e. The van der Waals surface area contributed by atoms with Crippen molar-refractivity contribution >= 4 is 24.2 Å². The Labute approximate surface area is 114 Å². The van der Waals surface area contributed by atoms with Crippen molar-refractivity contribution in [2.75, 3.05) is 19.5 Å². The van der Waals surface area contributed by atoms with Crippen LogP contribution in [0.1, 0.15) is 24.4 Å². The Balaban J connectivity index is 0.00000144. The Morgan fingerprint density at radius 2 is 1.82 bits per heavy atom. The number of thioether (sulfide) groups is 1. The van der Waals surface area contributed by atoms with Gasteiger partial charge in [0.2, 0.25) is 0 Å². The lowest BCUT2D eigenvalue weighted by molar-refractivity contribution is 0.0584. The molecule has 1 heterocycles. The van der Waals surface area contributed by atoms with Crippen molar-refractivity contribution in [2.24, 2.45) is 11.7 Å². The summed E-state index contributed by atoms with van der Waals surface area (Å²) >= 11 is 1.76. The molecule has 1 aromatic rings. The van der Waals surface area contributed by atoms with E-state index in [9.17, 15) is 0 Å². The molecule has 0 aliphatic carbocycles. The van der Waals surface area contributed by atoms with E-state index in [2.05, 4.69) is 30.5 Å².